The zero-order valence-corrected chi connectivity index (χ0v) is 23.5. The molecule has 7 nitrogen and oxygen atoms in total. The van der Waals surface area contributed by atoms with Gasteiger partial charge in [-0.25, -0.2) is 8.42 Å². The Labute approximate surface area is 226 Å². The normalized spacial score (nSPS) is 13.1. The second-order valence-electron chi connectivity index (χ2n) is 8.15. The Balaban J connectivity index is 2.45. The van der Waals surface area contributed by atoms with E-state index in [4.69, 9.17) is 46.4 Å². The van der Waals surface area contributed by atoms with Crippen molar-refractivity contribution in [3.05, 3.63) is 62.1 Å². The van der Waals surface area contributed by atoms with Crippen molar-refractivity contribution in [3.63, 3.8) is 0 Å². The third-order valence-electron chi connectivity index (χ3n) is 5.34. The lowest BCUT2D eigenvalue weighted by Gasteiger charge is -2.32. The van der Waals surface area contributed by atoms with Crippen LogP contribution >= 0.6 is 46.4 Å². The van der Waals surface area contributed by atoms with Crippen molar-refractivity contribution in [3.8, 4) is 0 Å². The van der Waals surface area contributed by atoms with E-state index in [0.29, 0.717) is 22.0 Å². The molecule has 0 aliphatic carbocycles. The van der Waals surface area contributed by atoms with Gasteiger partial charge in [0.1, 0.15) is 12.6 Å². The second-order valence-corrected chi connectivity index (χ2v) is 11.8. The first-order chi connectivity index (χ1) is 16.2. The lowest BCUT2D eigenvalue weighted by molar-refractivity contribution is -0.139. The van der Waals surface area contributed by atoms with Gasteiger partial charge in [0, 0.05) is 32.7 Å². The topological polar surface area (TPSA) is 86.8 Å². The van der Waals surface area contributed by atoms with Gasteiger partial charge in [-0.3, -0.25) is 13.9 Å². The van der Waals surface area contributed by atoms with Crippen molar-refractivity contribution in [2.24, 2.45) is 0 Å². The highest BCUT2D eigenvalue weighted by atomic mass is 35.5. The number of hydrogen-bond acceptors (Lipinski definition) is 4. The third-order valence-corrected chi connectivity index (χ3v) is 7.50. The predicted octanol–water partition coefficient (Wildman–Crippen LogP) is 5.40. The molecule has 2 unspecified atom stereocenters. The molecular weight excluding hydrogens is 556 g/mol. The number of carbonyl (C=O) groups excluding carboxylic acids is 2. The number of carbonyl (C=O) groups is 2. The fourth-order valence-corrected chi connectivity index (χ4v) is 4.99. The third kappa shape index (κ3) is 8.43. The molecule has 2 amide bonds. The van der Waals surface area contributed by atoms with E-state index in [1.165, 1.54) is 29.2 Å². The summed E-state index contributed by atoms with van der Waals surface area (Å²) >= 11 is 24.4. The zero-order chi connectivity index (χ0) is 26.5. The molecule has 2 rings (SSSR count). The van der Waals surface area contributed by atoms with Crippen molar-refractivity contribution in [2.75, 3.05) is 17.1 Å². The molecule has 2 aromatic rings. The summed E-state index contributed by atoms with van der Waals surface area (Å²) in [5, 5.41) is 4.00. The SMILES string of the molecule is CCC(C)NC(=O)C(C)N(Cc1ccc(Cl)cc1Cl)C(=O)CN(c1cc(Cl)cc(Cl)c1)S(C)(=O)=O. The van der Waals surface area contributed by atoms with Crippen molar-refractivity contribution in [1.29, 1.82) is 0 Å². The molecule has 192 valence electrons. The molecule has 2 atom stereocenters. The molecule has 0 aliphatic rings. The molecule has 0 spiro atoms. The molecule has 12 heteroatoms. The maximum absolute atomic E-state index is 13.5. The molecule has 0 saturated heterocycles. The van der Waals surface area contributed by atoms with Gasteiger partial charge in [0.25, 0.3) is 0 Å². The number of nitrogens with zero attached hydrogens (tertiary/aromatic N) is 2. The van der Waals surface area contributed by atoms with E-state index in [1.54, 1.807) is 19.1 Å². The van der Waals surface area contributed by atoms with Crippen LogP contribution in [0.2, 0.25) is 20.1 Å². The summed E-state index contributed by atoms with van der Waals surface area (Å²) < 4.78 is 26.1. The predicted molar refractivity (Wildman–Crippen MR) is 143 cm³/mol. The van der Waals surface area contributed by atoms with Gasteiger partial charge < -0.3 is 10.2 Å². The van der Waals surface area contributed by atoms with E-state index in [1.807, 2.05) is 13.8 Å². The van der Waals surface area contributed by atoms with Crippen LogP contribution < -0.4 is 9.62 Å². The Kier molecular flexibility index (Phi) is 10.5. The summed E-state index contributed by atoms with van der Waals surface area (Å²) in [6.07, 6.45) is 1.67. The highest BCUT2D eigenvalue weighted by Gasteiger charge is 2.31. The number of anilines is 1. The lowest BCUT2D eigenvalue weighted by Crippen LogP contribution is -2.52. The number of sulfonamides is 1. The summed E-state index contributed by atoms with van der Waals surface area (Å²) in [6, 6.07) is 7.99. The van der Waals surface area contributed by atoms with Gasteiger partial charge >= 0.3 is 0 Å². The molecule has 1 N–H and O–H groups in total. The van der Waals surface area contributed by atoms with Gasteiger partial charge in [-0.05, 0) is 56.2 Å². The summed E-state index contributed by atoms with van der Waals surface area (Å²) in [6.45, 7) is 4.72. The summed E-state index contributed by atoms with van der Waals surface area (Å²) in [7, 11) is -3.91. The monoisotopic (exact) mass is 581 g/mol. The van der Waals surface area contributed by atoms with Crippen LogP contribution in [0.1, 0.15) is 32.8 Å². The minimum Gasteiger partial charge on any atom is -0.352 e. The lowest BCUT2D eigenvalue weighted by atomic mass is 10.1. The average Bonchev–Trinajstić information content (AvgIpc) is 2.74. The number of rotatable bonds is 10. The van der Waals surface area contributed by atoms with E-state index in [0.717, 1.165) is 10.6 Å². The highest BCUT2D eigenvalue weighted by molar-refractivity contribution is 7.92. The smallest absolute Gasteiger partial charge is 0.244 e. The molecule has 0 saturated carbocycles. The number of halogens is 4. The highest BCUT2D eigenvalue weighted by Crippen LogP contribution is 2.28. The van der Waals surface area contributed by atoms with Gasteiger partial charge in [0.05, 0.1) is 11.9 Å². The van der Waals surface area contributed by atoms with Crippen molar-refractivity contribution in [2.45, 2.75) is 45.8 Å². The number of benzene rings is 2. The van der Waals surface area contributed by atoms with Crippen LogP contribution in [-0.4, -0.2) is 50.0 Å². The van der Waals surface area contributed by atoms with Crippen molar-refractivity contribution in [1.82, 2.24) is 10.2 Å². The van der Waals surface area contributed by atoms with Crippen LogP contribution in [0.25, 0.3) is 0 Å². The van der Waals surface area contributed by atoms with Crippen molar-refractivity contribution < 1.29 is 18.0 Å². The second kappa shape index (κ2) is 12.5. The van der Waals surface area contributed by atoms with Gasteiger partial charge in [0.15, 0.2) is 0 Å². The van der Waals surface area contributed by atoms with Crippen LogP contribution in [0.3, 0.4) is 0 Å². The van der Waals surface area contributed by atoms with Gasteiger partial charge in [-0.2, -0.15) is 0 Å². The van der Waals surface area contributed by atoms with Gasteiger partial charge in [0.2, 0.25) is 21.8 Å². The molecule has 0 aliphatic heterocycles. The van der Waals surface area contributed by atoms with E-state index < -0.39 is 28.5 Å². The number of amides is 2. The average molecular weight is 583 g/mol. The Hall–Kier alpha value is -1.71. The fraction of sp³-hybridized carbons (Fsp3) is 0.391. The maximum Gasteiger partial charge on any atom is 0.244 e. The Morgan fingerprint density at radius 2 is 1.57 bits per heavy atom. The summed E-state index contributed by atoms with van der Waals surface area (Å²) in [5.41, 5.74) is 0.670. The van der Waals surface area contributed by atoms with Crippen LogP contribution in [0.5, 0.6) is 0 Å². The van der Waals surface area contributed by atoms with E-state index in [2.05, 4.69) is 5.32 Å². The molecule has 0 bridgehead atoms. The quantitative estimate of drug-likeness (QED) is 0.406. The van der Waals surface area contributed by atoms with Gasteiger partial charge in [-0.1, -0.05) is 59.4 Å². The number of hydrogen-bond donors (Lipinski definition) is 1. The number of nitrogens with one attached hydrogen (secondary N) is 1. The molecular formula is C23H27Cl4N3O4S. The van der Waals surface area contributed by atoms with E-state index in [9.17, 15) is 18.0 Å². The van der Waals surface area contributed by atoms with Crippen LogP contribution in [0.4, 0.5) is 5.69 Å². The fourth-order valence-electron chi connectivity index (χ4n) is 3.18. The largest absolute Gasteiger partial charge is 0.352 e. The van der Waals surface area contributed by atoms with E-state index in [-0.39, 0.29) is 34.2 Å². The molecule has 35 heavy (non-hydrogen) atoms. The molecule has 0 aromatic heterocycles. The Morgan fingerprint density at radius 1 is 0.971 bits per heavy atom. The summed E-state index contributed by atoms with van der Waals surface area (Å²) in [4.78, 5) is 27.7. The van der Waals surface area contributed by atoms with Crippen LogP contribution in [0.15, 0.2) is 36.4 Å². The summed E-state index contributed by atoms with van der Waals surface area (Å²) in [5.74, 6) is -1.00. The minimum absolute atomic E-state index is 0.0438. The van der Waals surface area contributed by atoms with Gasteiger partial charge in [-0.15, -0.1) is 0 Å². The maximum atomic E-state index is 13.5. The molecule has 0 fully saturated rings. The van der Waals surface area contributed by atoms with Crippen LogP contribution in [0, 0.1) is 0 Å². The van der Waals surface area contributed by atoms with E-state index >= 15 is 0 Å². The minimum atomic E-state index is -3.91. The first-order valence-electron chi connectivity index (χ1n) is 10.7. The first-order valence-corrected chi connectivity index (χ1v) is 14.1. The molecule has 0 heterocycles. The zero-order valence-electron chi connectivity index (χ0n) is 19.7. The molecule has 0 radical (unpaired) electrons. The Morgan fingerprint density at radius 3 is 2.09 bits per heavy atom. The Bertz CT molecular complexity index is 1170. The first kappa shape index (κ1) is 29.5. The molecule has 2 aromatic carbocycles. The van der Waals surface area contributed by atoms with Crippen LogP contribution in [-0.2, 0) is 26.2 Å². The standard InChI is InChI=1S/C23H27Cl4N3O4S/c1-5-14(2)28-23(32)15(3)29(12-16-6-7-17(24)11-21(16)27)22(31)13-30(35(4,33)34)20-9-18(25)8-19(26)10-20/h6-11,14-15H,5,12-13H2,1-4H3,(H,28,32). The van der Waals surface area contributed by atoms with Crippen molar-refractivity contribution >= 4 is 73.9 Å².